The zero-order chi connectivity index (χ0) is 16.4. The number of amides is 1. The summed E-state index contributed by atoms with van der Waals surface area (Å²) in [7, 11) is 0. The zero-order valence-electron chi connectivity index (χ0n) is 12.7. The van der Waals surface area contributed by atoms with Crippen molar-refractivity contribution in [2.75, 3.05) is 6.54 Å². The number of nitrogens with one attached hydrogen (secondary N) is 3. The number of fused-ring (bicyclic) bond motifs is 1. The van der Waals surface area contributed by atoms with Crippen LogP contribution in [0.1, 0.15) is 32.7 Å². The van der Waals surface area contributed by atoms with Gasteiger partial charge in [-0.05, 0) is 42.6 Å². The van der Waals surface area contributed by atoms with Gasteiger partial charge in [0, 0.05) is 31.2 Å². The maximum Gasteiger partial charge on any atom is 0.266 e. The summed E-state index contributed by atoms with van der Waals surface area (Å²) in [5.41, 5.74) is 4.34. The predicted octanol–water partition coefficient (Wildman–Crippen LogP) is 1.31. The van der Waals surface area contributed by atoms with Gasteiger partial charge in [0.2, 0.25) is 0 Å². The molecule has 1 aliphatic heterocycles. The Morgan fingerprint density at radius 2 is 2.30 bits per heavy atom. The second kappa shape index (κ2) is 6.52. The van der Waals surface area contributed by atoms with Crippen LogP contribution in [-0.2, 0) is 19.5 Å². The van der Waals surface area contributed by atoms with Crippen molar-refractivity contribution >= 4 is 17.5 Å². The fourth-order valence-electron chi connectivity index (χ4n) is 2.74. The van der Waals surface area contributed by atoms with E-state index in [1.165, 1.54) is 23.4 Å². The number of carbonyl (C=O) groups is 1. The van der Waals surface area contributed by atoms with Crippen LogP contribution >= 0.6 is 11.6 Å². The second-order valence-corrected chi connectivity index (χ2v) is 5.91. The fraction of sp³-hybridized carbons (Fsp3) is 0.312. The van der Waals surface area contributed by atoms with Crippen LogP contribution in [0, 0.1) is 6.92 Å². The van der Waals surface area contributed by atoms with E-state index in [0.717, 1.165) is 30.8 Å². The van der Waals surface area contributed by atoms with Crippen molar-refractivity contribution in [1.29, 1.82) is 0 Å². The first-order valence-electron chi connectivity index (χ1n) is 7.39. The first-order valence-corrected chi connectivity index (χ1v) is 7.77. The lowest BCUT2D eigenvalue weighted by Gasteiger charge is -2.21. The van der Waals surface area contributed by atoms with Crippen molar-refractivity contribution < 1.29 is 4.79 Å². The van der Waals surface area contributed by atoms with Gasteiger partial charge in [0.15, 0.2) is 0 Å². The highest BCUT2D eigenvalue weighted by Gasteiger charge is 2.16. The zero-order valence-corrected chi connectivity index (χ0v) is 13.5. The Morgan fingerprint density at radius 1 is 1.48 bits per heavy atom. The molecule has 23 heavy (non-hydrogen) atoms. The van der Waals surface area contributed by atoms with E-state index in [4.69, 9.17) is 11.6 Å². The van der Waals surface area contributed by atoms with Crippen LogP contribution in [0.2, 0.25) is 5.02 Å². The number of aromatic nitrogens is 2. The predicted molar refractivity (Wildman–Crippen MR) is 87.6 cm³/mol. The third-order valence-electron chi connectivity index (χ3n) is 4.02. The van der Waals surface area contributed by atoms with Crippen LogP contribution in [-0.4, -0.2) is 22.4 Å². The molecule has 0 radical (unpaired) electrons. The number of hydrogen-bond donors (Lipinski definition) is 3. The summed E-state index contributed by atoms with van der Waals surface area (Å²) in [5.74, 6) is -0.283. The van der Waals surface area contributed by atoms with Crippen LogP contribution in [0.15, 0.2) is 23.3 Å². The van der Waals surface area contributed by atoms with Crippen LogP contribution < -0.4 is 16.2 Å². The Balaban J connectivity index is 1.79. The van der Waals surface area contributed by atoms with Crippen molar-refractivity contribution in [3.63, 3.8) is 0 Å². The minimum atomic E-state index is -0.409. The molecule has 1 amide bonds. The molecule has 0 atom stereocenters. The Bertz CT molecular complexity index is 816. The fourth-order valence-corrected chi connectivity index (χ4v) is 2.91. The average Bonchev–Trinajstić information content (AvgIpc) is 2.56. The van der Waals surface area contributed by atoms with Gasteiger partial charge in [-0.15, -0.1) is 0 Å². The van der Waals surface area contributed by atoms with E-state index in [0.29, 0.717) is 12.1 Å². The molecule has 3 N–H and O–H groups in total. The lowest BCUT2D eigenvalue weighted by atomic mass is 9.96. The summed E-state index contributed by atoms with van der Waals surface area (Å²) in [6.45, 7) is 4.07. The number of halogens is 1. The lowest BCUT2D eigenvalue weighted by molar-refractivity contribution is 0.0950. The summed E-state index contributed by atoms with van der Waals surface area (Å²) >= 11 is 5.75. The van der Waals surface area contributed by atoms with E-state index >= 15 is 0 Å². The second-order valence-electron chi connectivity index (χ2n) is 5.50. The highest BCUT2D eigenvalue weighted by molar-refractivity contribution is 6.30. The van der Waals surface area contributed by atoms with Crippen LogP contribution in [0.3, 0.4) is 0 Å². The first kappa shape index (κ1) is 15.7. The van der Waals surface area contributed by atoms with Crippen molar-refractivity contribution in [3.05, 3.63) is 61.8 Å². The van der Waals surface area contributed by atoms with Gasteiger partial charge < -0.3 is 15.6 Å². The number of carbonyl (C=O) groups excluding carboxylic acids is 1. The summed E-state index contributed by atoms with van der Waals surface area (Å²) in [5, 5.41) is 6.19. The summed E-state index contributed by atoms with van der Waals surface area (Å²) < 4.78 is 0. The molecule has 3 heterocycles. The van der Waals surface area contributed by atoms with E-state index in [1.54, 1.807) is 0 Å². The van der Waals surface area contributed by atoms with Gasteiger partial charge >= 0.3 is 0 Å². The maximum atomic E-state index is 12.2. The highest BCUT2D eigenvalue weighted by atomic mass is 35.5. The summed E-state index contributed by atoms with van der Waals surface area (Å²) in [4.78, 5) is 30.3. The molecular weight excluding hydrogens is 316 g/mol. The van der Waals surface area contributed by atoms with Crippen molar-refractivity contribution in [2.24, 2.45) is 0 Å². The average molecular weight is 333 g/mol. The van der Waals surface area contributed by atoms with Crippen LogP contribution in [0.4, 0.5) is 0 Å². The molecule has 0 saturated carbocycles. The molecule has 120 valence electrons. The molecule has 0 spiro atoms. The van der Waals surface area contributed by atoms with Gasteiger partial charge in [-0.25, -0.2) is 0 Å². The molecule has 3 rings (SSSR count). The number of H-pyrrole nitrogens is 1. The molecule has 0 saturated heterocycles. The van der Waals surface area contributed by atoms with Crippen LogP contribution in [0.25, 0.3) is 0 Å². The number of hydrogen-bond acceptors (Lipinski definition) is 4. The van der Waals surface area contributed by atoms with Gasteiger partial charge in [0.05, 0.1) is 5.56 Å². The molecule has 0 fully saturated rings. The van der Waals surface area contributed by atoms with Gasteiger partial charge in [-0.2, -0.15) is 0 Å². The monoisotopic (exact) mass is 332 g/mol. The van der Waals surface area contributed by atoms with Crippen LogP contribution in [0.5, 0.6) is 0 Å². The van der Waals surface area contributed by atoms with E-state index in [-0.39, 0.29) is 10.9 Å². The van der Waals surface area contributed by atoms with Crippen molar-refractivity contribution in [1.82, 2.24) is 20.6 Å². The molecule has 7 heteroatoms. The molecule has 0 bridgehead atoms. The largest absolute Gasteiger partial charge is 0.348 e. The summed E-state index contributed by atoms with van der Waals surface area (Å²) in [6, 6.07) is 1.37. The van der Waals surface area contributed by atoms with Gasteiger partial charge in [-0.1, -0.05) is 11.6 Å². The SMILES string of the molecule is Cc1ncc2c(c1CNC(=O)c1c[nH]c(=O)c(Cl)c1)CCNC2. The molecule has 0 aromatic carbocycles. The topological polar surface area (TPSA) is 86.9 Å². The maximum absolute atomic E-state index is 12.2. The Hall–Kier alpha value is -2.18. The molecule has 0 aliphatic carbocycles. The number of aromatic amines is 1. The third kappa shape index (κ3) is 3.28. The van der Waals surface area contributed by atoms with E-state index < -0.39 is 5.56 Å². The van der Waals surface area contributed by atoms with E-state index in [1.807, 2.05) is 13.1 Å². The van der Waals surface area contributed by atoms with Gasteiger partial charge in [0.1, 0.15) is 5.02 Å². The van der Waals surface area contributed by atoms with Gasteiger partial charge in [-0.3, -0.25) is 14.6 Å². The standard InChI is InChI=1S/C16H17ClN4O2/c1-9-13(12-2-3-18-5-11(12)7-19-9)8-21-15(22)10-4-14(17)16(23)20-6-10/h4,6-7,18H,2-3,5,8H2,1H3,(H,20,23)(H,21,22). The molecule has 0 unspecified atom stereocenters. The normalized spacial score (nSPS) is 13.5. The van der Waals surface area contributed by atoms with E-state index in [9.17, 15) is 9.59 Å². The number of rotatable bonds is 3. The Labute approximate surface area is 138 Å². The Morgan fingerprint density at radius 3 is 3.09 bits per heavy atom. The summed E-state index contributed by atoms with van der Waals surface area (Å²) in [6.07, 6.45) is 4.18. The molecule has 1 aliphatic rings. The number of pyridine rings is 2. The number of aryl methyl sites for hydroxylation is 1. The lowest BCUT2D eigenvalue weighted by Crippen LogP contribution is -2.29. The minimum Gasteiger partial charge on any atom is -0.348 e. The Kier molecular flexibility index (Phi) is 4.45. The molecule has 2 aromatic rings. The highest BCUT2D eigenvalue weighted by Crippen LogP contribution is 2.20. The van der Waals surface area contributed by atoms with E-state index in [2.05, 4.69) is 20.6 Å². The molecular formula is C16H17ClN4O2. The van der Waals surface area contributed by atoms with Crippen molar-refractivity contribution in [2.45, 2.75) is 26.4 Å². The smallest absolute Gasteiger partial charge is 0.266 e. The van der Waals surface area contributed by atoms with Gasteiger partial charge in [0.25, 0.3) is 11.5 Å². The van der Waals surface area contributed by atoms with Crippen molar-refractivity contribution in [3.8, 4) is 0 Å². The minimum absolute atomic E-state index is 0.00124. The molecule has 6 nitrogen and oxygen atoms in total. The first-order chi connectivity index (χ1) is 11.1. The number of nitrogens with zero attached hydrogens (tertiary/aromatic N) is 1. The quantitative estimate of drug-likeness (QED) is 0.791. The third-order valence-corrected chi connectivity index (χ3v) is 4.30. The molecule has 2 aromatic heterocycles.